The van der Waals surface area contributed by atoms with Gasteiger partial charge in [0.2, 0.25) is 11.8 Å². The lowest BCUT2D eigenvalue weighted by Gasteiger charge is -2.20. The van der Waals surface area contributed by atoms with Crippen molar-refractivity contribution in [1.82, 2.24) is 5.32 Å². The van der Waals surface area contributed by atoms with Crippen molar-refractivity contribution in [2.24, 2.45) is 5.41 Å². The number of benzene rings is 1. The molecular formula is C17H24N2O2. The van der Waals surface area contributed by atoms with Gasteiger partial charge in [0, 0.05) is 18.7 Å². The number of anilines is 1. The maximum Gasteiger partial charge on any atom is 0.249 e. The van der Waals surface area contributed by atoms with Crippen molar-refractivity contribution in [1.29, 1.82) is 0 Å². The Morgan fingerprint density at radius 2 is 1.90 bits per heavy atom. The zero-order chi connectivity index (χ0) is 15.6. The highest BCUT2D eigenvalue weighted by Gasteiger charge is 2.34. The van der Waals surface area contributed by atoms with Crippen molar-refractivity contribution in [3.8, 4) is 0 Å². The minimum atomic E-state index is -0.388. The second-order valence-electron chi connectivity index (χ2n) is 6.97. The molecule has 21 heavy (non-hydrogen) atoms. The Balaban J connectivity index is 1.98. The topological polar surface area (TPSA) is 49.4 Å². The van der Waals surface area contributed by atoms with Gasteiger partial charge in [0.15, 0.2) is 0 Å². The summed E-state index contributed by atoms with van der Waals surface area (Å²) >= 11 is 0. The Kier molecular flexibility index (Phi) is 4.35. The first kappa shape index (κ1) is 15.5. The number of carbonyl (C=O) groups excluding carboxylic acids is 2. The standard InChI is InChI=1S/C17H24N2O2/c1-12-5-7-13(8-6-12)19-10-9-14(16(19)21)18-15(20)11-17(2,3)4/h5-8,14H,9-11H2,1-4H3,(H,18,20)/t14-/m0/s1. The molecule has 0 bridgehead atoms. The molecule has 4 nitrogen and oxygen atoms in total. The third kappa shape index (κ3) is 4.06. The Labute approximate surface area is 126 Å². The lowest BCUT2D eigenvalue weighted by atomic mass is 9.92. The zero-order valence-corrected chi connectivity index (χ0v) is 13.3. The predicted molar refractivity (Wildman–Crippen MR) is 84.2 cm³/mol. The summed E-state index contributed by atoms with van der Waals surface area (Å²) in [6.45, 7) is 8.72. The fourth-order valence-electron chi connectivity index (χ4n) is 2.52. The van der Waals surface area contributed by atoms with E-state index in [4.69, 9.17) is 0 Å². The van der Waals surface area contributed by atoms with Crippen molar-refractivity contribution < 1.29 is 9.59 Å². The van der Waals surface area contributed by atoms with Gasteiger partial charge >= 0.3 is 0 Å². The van der Waals surface area contributed by atoms with Crippen LogP contribution >= 0.6 is 0 Å². The van der Waals surface area contributed by atoms with Crippen LogP contribution in [-0.2, 0) is 9.59 Å². The van der Waals surface area contributed by atoms with Crippen LogP contribution in [0.4, 0.5) is 5.69 Å². The number of carbonyl (C=O) groups is 2. The highest BCUT2D eigenvalue weighted by atomic mass is 16.2. The number of hydrogen-bond acceptors (Lipinski definition) is 2. The first-order valence-corrected chi connectivity index (χ1v) is 7.44. The SMILES string of the molecule is Cc1ccc(N2CC[C@H](NC(=O)CC(C)(C)C)C2=O)cc1. The van der Waals surface area contributed by atoms with E-state index in [1.807, 2.05) is 52.0 Å². The lowest BCUT2D eigenvalue weighted by Crippen LogP contribution is -2.42. The third-order valence-corrected chi connectivity index (χ3v) is 3.58. The van der Waals surface area contributed by atoms with Gasteiger partial charge in [0.1, 0.15) is 6.04 Å². The molecule has 0 unspecified atom stereocenters. The summed E-state index contributed by atoms with van der Waals surface area (Å²) in [6, 6.07) is 7.50. The number of hydrogen-bond donors (Lipinski definition) is 1. The second-order valence-corrected chi connectivity index (χ2v) is 6.97. The molecule has 0 spiro atoms. The fourth-order valence-corrected chi connectivity index (χ4v) is 2.52. The fraction of sp³-hybridized carbons (Fsp3) is 0.529. The normalized spacial score (nSPS) is 19.0. The molecule has 0 radical (unpaired) electrons. The molecule has 2 amide bonds. The number of amides is 2. The van der Waals surface area contributed by atoms with Gasteiger partial charge in [-0.3, -0.25) is 9.59 Å². The van der Waals surface area contributed by atoms with Gasteiger partial charge in [-0.1, -0.05) is 38.5 Å². The van der Waals surface area contributed by atoms with E-state index in [1.54, 1.807) is 4.90 Å². The van der Waals surface area contributed by atoms with Crippen LogP contribution in [0.1, 0.15) is 39.2 Å². The molecule has 2 rings (SSSR count). The lowest BCUT2D eigenvalue weighted by molar-refractivity contribution is -0.127. The van der Waals surface area contributed by atoms with E-state index in [2.05, 4.69) is 5.32 Å². The molecule has 0 aliphatic carbocycles. The first-order valence-electron chi connectivity index (χ1n) is 7.44. The van der Waals surface area contributed by atoms with Gasteiger partial charge in [-0.15, -0.1) is 0 Å². The molecule has 1 aromatic carbocycles. The van der Waals surface area contributed by atoms with Crippen LogP contribution in [0.2, 0.25) is 0 Å². The van der Waals surface area contributed by atoms with Crippen molar-refractivity contribution in [3.63, 3.8) is 0 Å². The number of nitrogens with one attached hydrogen (secondary N) is 1. The van der Waals surface area contributed by atoms with Crippen molar-refractivity contribution in [2.45, 2.75) is 46.6 Å². The van der Waals surface area contributed by atoms with Crippen LogP contribution in [0.3, 0.4) is 0 Å². The van der Waals surface area contributed by atoms with Gasteiger partial charge in [-0.2, -0.15) is 0 Å². The largest absolute Gasteiger partial charge is 0.344 e. The molecule has 1 fully saturated rings. The molecule has 114 valence electrons. The van der Waals surface area contributed by atoms with E-state index in [0.717, 1.165) is 5.69 Å². The third-order valence-electron chi connectivity index (χ3n) is 3.58. The van der Waals surface area contributed by atoms with Gasteiger partial charge in [-0.25, -0.2) is 0 Å². The highest BCUT2D eigenvalue weighted by Crippen LogP contribution is 2.23. The highest BCUT2D eigenvalue weighted by molar-refractivity contribution is 6.01. The van der Waals surface area contributed by atoms with E-state index in [0.29, 0.717) is 19.4 Å². The number of aryl methyl sites for hydroxylation is 1. The summed E-state index contributed by atoms with van der Waals surface area (Å²) in [5.41, 5.74) is 2.00. The van der Waals surface area contributed by atoms with Gasteiger partial charge in [0.25, 0.3) is 0 Å². The molecule has 1 saturated heterocycles. The summed E-state index contributed by atoms with van der Waals surface area (Å²) < 4.78 is 0. The Morgan fingerprint density at radius 3 is 2.48 bits per heavy atom. The van der Waals surface area contributed by atoms with Crippen LogP contribution in [0.15, 0.2) is 24.3 Å². The molecule has 0 aromatic heterocycles. The van der Waals surface area contributed by atoms with E-state index in [9.17, 15) is 9.59 Å². The first-order chi connectivity index (χ1) is 9.76. The summed E-state index contributed by atoms with van der Waals surface area (Å²) in [6.07, 6.45) is 1.10. The maximum absolute atomic E-state index is 12.4. The van der Waals surface area contributed by atoms with Crippen molar-refractivity contribution in [3.05, 3.63) is 29.8 Å². The molecule has 1 aliphatic heterocycles. The Bertz CT molecular complexity index is 529. The Morgan fingerprint density at radius 1 is 1.29 bits per heavy atom. The molecular weight excluding hydrogens is 264 g/mol. The predicted octanol–water partition coefficient (Wildman–Crippen LogP) is 2.65. The maximum atomic E-state index is 12.4. The average molecular weight is 288 g/mol. The molecule has 4 heteroatoms. The number of rotatable bonds is 3. The monoisotopic (exact) mass is 288 g/mol. The molecule has 1 heterocycles. The van der Waals surface area contributed by atoms with Crippen LogP contribution in [0.5, 0.6) is 0 Å². The summed E-state index contributed by atoms with van der Waals surface area (Å²) in [7, 11) is 0. The average Bonchev–Trinajstić information content (AvgIpc) is 2.70. The quantitative estimate of drug-likeness (QED) is 0.929. The summed E-state index contributed by atoms with van der Waals surface area (Å²) in [5.74, 6) is -0.0623. The van der Waals surface area contributed by atoms with Crippen LogP contribution in [-0.4, -0.2) is 24.4 Å². The summed E-state index contributed by atoms with van der Waals surface area (Å²) in [5, 5.41) is 2.87. The molecule has 0 saturated carbocycles. The molecule has 1 atom stereocenters. The second kappa shape index (κ2) is 5.88. The smallest absolute Gasteiger partial charge is 0.249 e. The van der Waals surface area contributed by atoms with Gasteiger partial charge < -0.3 is 10.2 Å². The summed E-state index contributed by atoms with van der Waals surface area (Å²) in [4.78, 5) is 26.1. The zero-order valence-electron chi connectivity index (χ0n) is 13.3. The minimum absolute atomic E-state index is 0.0129. The van der Waals surface area contributed by atoms with Crippen LogP contribution < -0.4 is 10.2 Å². The molecule has 1 N–H and O–H groups in total. The van der Waals surface area contributed by atoms with E-state index >= 15 is 0 Å². The minimum Gasteiger partial charge on any atom is -0.344 e. The van der Waals surface area contributed by atoms with Crippen molar-refractivity contribution in [2.75, 3.05) is 11.4 Å². The van der Waals surface area contributed by atoms with Crippen molar-refractivity contribution >= 4 is 17.5 Å². The number of nitrogens with zero attached hydrogens (tertiary/aromatic N) is 1. The van der Waals surface area contributed by atoms with E-state index in [1.165, 1.54) is 5.56 Å². The Hall–Kier alpha value is -1.84. The molecule has 1 aromatic rings. The van der Waals surface area contributed by atoms with Gasteiger partial charge in [-0.05, 0) is 30.9 Å². The van der Waals surface area contributed by atoms with Crippen LogP contribution in [0, 0.1) is 12.3 Å². The molecule has 1 aliphatic rings. The van der Waals surface area contributed by atoms with E-state index in [-0.39, 0.29) is 23.3 Å². The van der Waals surface area contributed by atoms with Gasteiger partial charge in [0.05, 0.1) is 0 Å². The van der Waals surface area contributed by atoms with E-state index < -0.39 is 0 Å². The van der Waals surface area contributed by atoms with Crippen LogP contribution in [0.25, 0.3) is 0 Å².